The molecule has 0 aromatic carbocycles. The van der Waals surface area contributed by atoms with Crippen LogP contribution in [0.3, 0.4) is 0 Å². The predicted octanol–water partition coefficient (Wildman–Crippen LogP) is 4.11. The maximum atomic E-state index is 2.34. The highest BCUT2D eigenvalue weighted by Gasteiger charge is 2.21. The fourth-order valence-electron chi connectivity index (χ4n) is 1.43. The van der Waals surface area contributed by atoms with Crippen molar-refractivity contribution in [1.82, 2.24) is 0 Å². The van der Waals surface area contributed by atoms with Gasteiger partial charge >= 0.3 is 0 Å². The Morgan fingerprint density at radius 2 is 2.00 bits per heavy atom. The minimum Gasteiger partial charge on any atom is -0.0836 e. The Bertz CT molecular complexity index is 253. The zero-order valence-corrected chi connectivity index (χ0v) is 9.17. The molecule has 1 aliphatic rings. The fraction of sp³-hybridized carbons (Fsp3) is 0.538. The smallest absolute Gasteiger partial charge is 0.00588 e. The molecule has 0 amide bonds. The highest BCUT2D eigenvalue weighted by molar-refractivity contribution is 5.22. The molecule has 1 unspecified atom stereocenters. The fourth-order valence-corrected chi connectivity index (χ4v) is 1.43. The zero-order chi connectivity index (χ0) is 9.90. The van der Waals surface area contributed by atoms with Crippen LogP contribution in [0.1, 0.15) is 34.1 Å². The summed E-state index contributed by atoms with van der Waals surface area (Å²) in [6.45, 7) is 9.01. The van der Waals surface area contributed by atoms with E-state index < -0.39 is 0 Å². The first-order valence-electron chi connectivity index (χ1n) is 5.07. The lowest BCUT2D eigenvalue weighted by atomic mass is 9.77. The average Bonchev–Trinajstić information content (AvgIpc) is 2.01. The maximum absolute atomic E-state index is 2.34. The third-order valence-electron chi connectivity index (χ3n) is 3.00. The van der Waals surface area contributed by atoms with Gasteiger partial charge in [0.15, 0.2) is 0 Å². The van der Waals surface area contributed by atoms with Gasteiger partial charge in [0.2, 0.25) is 0 Å². The molecule has 0 spiro atoms. The van der Waals surface area contributed by atoms with Crippen LogP contribution in [0, 0.1) is 11.3 Å². The van der Waals surface area contributed by atoms with Crippen LogP contribution in [0.15, 0.2) is 36.0 Å². The molecule has 0 saturated carbocycles. The second-order valence-electron chi connectivity index (χ2n) is 4.50. The Kier molecular flexibility index (Phi) is 3.13. The molecule has 1 aliphatic carbocycles. The van der Waals surface area contributed by atoms with Crippen molar-refractivity contribution in [1.29, 1.82) is 0 Å². The van der Waals surface area contributed by atoms with E-state index in [-0.39, 0.29) is 5.41 Å². The van der Waals surface area contributed by atoms with Crippen LogP contribution in [0.5, 0.6) is 0 Å². The molecule has 0 heterocycles. The van der Waals surface area contributed by atoms with Gasteiger partial charge in [0.25, 0.3) is 0 Å². The summed E-state index contributed by atoms with van der Waals surface area (Å²) >= 11 is 0. The van der Waals surface area contributed by atoms with E-state index in [9.17, 15) is 0 Å². The van der Waals surface area contributed by atoms with Crippen LogP contribution < -0.4 is 0 Å². The summed E-state index contributed by atoms with van der Waals surface area (Å²) in [5.74, 6) is 0.659. The first-order chi connectivity index (χ1) is 6.04. The van der Waals surface area contributed by atoms with Crippen molar-refractivity contribution in [2.24, 2.45) is 11.3 Å². The highest BCUT2D eigenvalue weighted by atomic mass is 14.3. The van der Waals surface area contributed by atoms with Gasteiger partial charge in [-0.1, -0.05) is 56.7 Å². The standard InChI is InChI=1S/C13H20/c1-11(2)13(4)9-5-7-12(3)8-6-10-13/h5-7,9-11H,8H2,1-4H3. The van der Waals surface area contributed by atoms with E-state index in [1.807, 2.05) is 0 Å². The molecule has 13 heavy (non-hydrogen) atoms. The summed E-state index contributed by atoms with van der Waals surface area (Å²) in [4.78, 5) is 0. The summed E-state index contributed by atoms with van der Waals surface area (Å²) < 4.78 is 0. The lowest BCUT2D eigenvalue weighted by molar-refractivity contribution is 0.382. The Morgan fingerprint density at radius 1 is 1.31 bits per heavy atom. The van der Waals surface area contributed by atoms with E-state index in [4.69, 9.17) is 0 Å². The molecule has 0 aromatic heterocycles. The Morgan fingerprint density at radius 3 is 2.62 bits per heavy atom. The van der Waals surface area contributed by atoms with E-state index in [1.165, 1.54) is 5.57 Å². The lowest BCUT2D eigenvalue weighted by Crippen LogP contribution is -2.17. The summed E-state index contributed by atoms with van der Waals surface area (Å²) in [7, 11) is 0. The van der Waals surface area contributed by atoms with Gasteiger partial charge in [-0.15, -0.1) is 0 Å². The van der Waals surface area contributed by atoms with Gasteiger partial charge in [-0.25, -0.2) is 0 Å². The lowest BCUT2D eigenvalue weighted by Gasteiger charge is -2.27. The molecule has 0 aromatic rings. The van der Waals surface area contributed by atoms with Crippen molar-refractivity contribution in [3.05, 3.63) is 36.0 Å². The van der Waals surface area contributed by atoms with Crippen LogP contribution in [-0.2, 0) is 0 Å². The normalized spacial score (nSPS) is 28.5. The van der Waals surface area contributed by atoms with E-state index in [0.717, 1.165) is 6.42 Å². The molecule has 72 valence electrons. The van der Waals surface area contributed by atoms with Crippen molar-refractivity contribution in [2.45, 2.75) is 34.1 Å². The monoisotopic (exact) mass is 176 g/mol. The van der Waals surface area contributed by atoms with Crippen LogP contribution in [0.25, 0.3) is 0 Å². The van der Waals surface area contributed by atoms with Crippen molar-refractivity contribution in [3.63, 3.8) is 0 Å². The van der Waals surface area contributed by atoms with Crippen LogP contribution in [-0.4, -0.2) is 0 Å². The van der Waals surface area contributed by atoms with Crippen molar-refractivity contribution in [2.75, 3.05) is 0 Å². The SMILES string of the molecule is CC1=CC=CC(C)(C(C)C)C=CC1. The van der Waals surface area contributed by atoms with E-state index in [0.29, 0.717) is 5.92 Å². The average molecular weight is 176 g/mol. The van der Waals surface area contributed by atoms with Crippen molar-refractivity contribution in [3.8, 4) is 0 Å². The zero-order valence-electron chi connectivity index (χ0n) is 9.17. The first-order valence-corrected chi connectivity index (χ1v) is 5.07. The van der Waals surface area contributed by atoms with Gasteiger partial charge in [0.05, 0.1) is 0 Å². The van der Waals surface area contributed by atoms with Gasteiger partial charge in [-0.2, -0.15) is 0 Å². The Balaban J connectivity index is 2.91. The third-order valence-corrected chi connectivity index (χ3v) is 3.00. The number of hydrogen-bond acceptors (Lipinski definition) is 0. The summed E-state index contributed by atoms with van der Waals surface area (Å²) in [5, 5.41) is 0. The molecule has 0 saturated heterocycles. The molecule has 1 atom stereocenters. The van der Waals surface area contributed by atoms with E-state index in [2.05, 4.69) is 58.1 Å². The predicted molar refractivity (Wildman–Crippen MR) is 59.6 cm³/mol. The second-order valence-corrected chi connectivity index (χ2v) is 4.50. The molecular weight excluding hydrogens is 156 g/mol. The largest absolute Gasteiger partial charge is 0.0836 e. The third kappa shape index (κ3) is 2.58. The number of allylic oxidation sites excluding steroid dienone is 6. The van der Waals surface area contributed by atoms with Crippen molar-refractivity contribution < 1.29 is 0 Å². The molecule has 0 bridgehead atoms. The first kappa shape index (κ1) is 10.3. The number of rotatable bonds is 1. The van der Waals surface area contributed by atoms with Crippen molar-refractivity contribution >= 4 is 0 Å². The molecule has 0 aliphatic heterocycles. The highest BCUT2D eigenvalue weighted by Crippen LogP contribution is 2.31. The van der Waals surface area contributed by atoms with Gasteiger partial charge in [0, 0.05) is 5.41 Å². The Labute approximate surface area is 82.0 Å². The van der Waals surface area contributed by atoms with Gasteiger partial charge in [0.1, 0.15) is 0 Å². The molecule has 1 rings (SSSR count). The Hall–Kier alpha value is -0.780. The van der Waals surface area contributed by atoms with Gasteiger partial charge in [-0.05, 0) is 19.3 Å². The summed E-state index contributed by atoms with van der Waals surface area (Å²) in [5.41, 5.74) is 1.66. The van der Waals surface area contributed by atoms with Crippen LogP contribution >= 0.6 is 0 Å². The molecule has 0 radical (unpaired) electrons. The van der Waals surface area contributed by atoms with Gasteiger partial charge in [-0.3, -0.25) is 0 Å². The second kappa shape index (κ2) is 3.95. The minimum absolute atomic E-state index is 0.233. The molecule has 0 N–H and O–H groups in total. The quantitative estimate of drug-likeness (QED) is 0.527. The summed E-state index contributed by atoms with van der Waals surface area (Å²) in [6, 6.07) is 0. The molecular formula is C13H20. The van der Waals surface area contributed by atoms with Crippen LogP contribution in [0.4, 0.5) is 0 Å². The van der Waals surface area contributed by atoms with E-state index >= 15 is 0 Å². The van der Waals surface area contributed by atoms with Gasteiger partial charge < -0.3 is 0 Å². The molecule has 0 heteroatoms. The summed E-state index contributed by atoms with van der Waals surface area (Å²) in [6.07, 6.45) is 12.4. The molecule has 0 fully saturated rings. The minimum atomic E-state index is 0.233. The molecule has 0 nitrogen and oxygen atoms in total. The maximum Gasteiger partial charge on any atom is 0.00588 e. The number of hydrogen-bond donors (Lipinski definition) is 0. The van der Waals surface area contributed by atoms with Crippen LogP contribution in [0.2, 0.25) is 0 Å². The topological polar surface area (TPSA) is 0 Å². The van der Waals surface area contributed by atoms with E-state index in [1.54, 1.807) is 0 Å².